The Bertz CT molecular complexity index is 1210. The Labute approximate surface area is 226 Å². The average molecular weight is 533 g/mol. The third-order valence-electron chi connectivity index (χ3n) is 7.48. The second-order valence-electron chi connectivity index (χ2n) is 9.74. The van der Waals surface area contributed by atoms with E-state index in [1.54, 1.807) is 21.1 Å². The zero-order chi connectivity index (χ0) is 26.6. The molecule has 0 radical (unpaired) electrons. The van der Waals surface area contributed by atoms with Crippen LogP contribution in [0.3, 0.4) is 0 Å². The molecule has 3 atom stereocenters. The minimum absolute atomic E-state index is 0.1000. The number of benzene rings is 2. The fraction of sp³-hybridized carbons (Fsp3) is 0.345. The van der Waals surface area contributed by atoms with Crippen LogP contribution in [0, 0.1) is 5.92 Å². The molecule has 198 valence electrons. The lowest BCUT2D eigenvalue weighted by Gasteiger charge is -2.39. The van der Waals surface area contributed by atoms with E-state index in [4.69, 9.17) is 0 Å². The fourth-order valence-corrected chi connectivity index (χ4v) is 6.32. The molecule has 2 aromatic carbocycles. The number of thiophene rings is 1. The van der Waals surface area contributed by atoms with Crippen molar-refractivity contribution in [1.82, 2.24) is 14.7 Å². The summed E-state index contributed by atoms with van der Waals surface area (Å²) in [5, 5.41) is 12.3. The number of urea groups is 2. The Morgan fingerprint density at radius 1 is 0.868 bits per heavy atom. The first-order valence-corrected chi connectivity index (χ1v) is 13.9. The summed E-state index contributed by atoms with van der Waals surface area (Å²) in [5.41, 5.74) is 1.32. The zero-order valence-electron chi connectivity index (χ0n) is 21.3. The molecule has 38 heavy (non-hydrogen) atoms. The molecule has 9 heteroatoms. The van der Waals surface area contributed by atoms with Gasteiger partial charge in [0.25, 0.3) is 0 Å². The van der Waals surface area contributed by atoms with E-state index >= 15 is 0 Å². The molecule has 1 N–H and O–H groups in total. The summed E-state index contributed by atoms with van der Waals surface area (Å²) in [6.07, 6.45) is 1.32. The molecule has 4 amide bonds. The molecule has 3 saturated heterocycles. The number of nitrogens with zero attached hydrogens (tertiary/aromatic N) is 4. The van der Waals surface area contributed by atoms with Crippen LogP contribution >= 0.6 is 11.3 Å². The summed E-state index contributed by atoms with van der Waals surface area (Å²) >= 11 is 1.61. The van der Waals surface area contributed by atoms with Crippen molar-refractivity contribution in [2.45, 2.75) is 38.4 Å². The maximum absolute atomic E-state index is 14.2. The Hall–Kier alpha value is -3.85. The van der Waals surface area contributed by atoms with Crippen molar-refractivity contribution in [1.29, 1.82) is 0 Å². The first kappa shape index (κ1) is 25.8. The van der Waals surface area contributed by atoms with Crippen LogP contribution in [0.4, 0.5) is 21.0 Å². The molecule has 1 aromatic heterocycles. The topological polar surface area (TPSA) is 84.4 Å². The molecule has 0 aliphatic carbocycles. The molecule has 3 fully saturated rings. The predicted molar refractivity (Wildman–Crippen MR) is 148 cm³/mol. The molecular formula is C29H32N4O4S. The maximum atomic E-state index is 14.2. The normalized spacial score (nSPS) is 20.6. The number of anilines is 2. The molecule has 3 aliphatic heterocycles. The van der Waals surface area contributed by atoms with Gasteiger partial charge in [0.05, 0.1) is 24.0 Å². The van der Waals surface area contributed by atoms with E-state index in [-0.39, 0.29) is 24.5 Å². The Balaban J connectivity index is 1.46. The van der Waals surface area contributed by atoms with Crippen LogP contribution in [0.5, 0.6) is 0 Å². The lowest BCUT2D eigenvalue weighted by atomic mass is 9.90. The van der Waals surface area contributed by atoms with Crippen molar-refractivity contribution in [2.75, 3.05) is 24.5 Å². The number of carbonyl (C=O) groups is 3. The quantitative estimate of drug-likeness (QED) is 0.455. The highest BCUT2D eigenvalue weighted by molar-refractivity contribution is 7.09. The molecule has 6 rings (SSSR count). The van der Waals surface area contributed by atoms with Gasteiger partial charge in [0.1, 0.15) is 6.04 Å². The lowest BCUT2D eigenvalue weighted by Crippen LogP contribution is -2.53. The molecular weight excluding hydrogens is 500 g/mol. The van der Waals surface area contributed by atoms with Crippen molar-refractivity contribution in [3.63, 3.8) is 0 Å². The maximum Gasteiger partial charge on any atom is 0.329 e. The van der Waals surface area contributed by atoms with Gasteiger partial charge in [0, 0.05) is 30.4 Å². The summed E-state index contributed by atoms with van der Waals surface area (Å²) in [7, 11) is 0. The highest BCUT2D eigenvalue weighted by atomic mass is 32.1. The Morgan fingerprint density at radius 3 is 2.08 bits per heavy atom. The van der Waals surface area contributed by atoms with Crippen molar-refractivity contribution in [3.8, 4) is 0 Å². The summed E-state index contributed by atoms with van der Waals surface area (Å²) in [6, 6.07) is 20.7. The number of aliphatic carboxylic acids is 1. The zero-order valence-corrected chi connectivity index (χ0v) is 22.2. The van der Waals surface area contributed by atoms with Crippen LogP contribution in [-0.4, -0.2) is 69.6 Å². The Kier molecular flexibility index (Phi) is 7.64. The molecule has 3 aromatic rings. The number of carboxylic acid groups (broad SMARTS) is 1. The fourth-order valence-electron chi connectivity index (χ4n) is 5.60. The van der Waals surface area contributed by atoms with Crippen LogP contribution in [-0.2, 0) is 11.3 Å². The highest BCUT2D eigenvalue weighted by Crippen LogP contribution is 2.36. The van der Waals surface area contributed by atoms with Gasteiger partial charge in [-0.05, 0) is 55.5 Å². The average Bonchev–Trinajstić information content (AvgIpc) is 3.31. The molecule has 0 saturated carbocycles. The van der Waals surface area contributed by atoms with E-state index in [0.717, 1.165) is 4.88 Å². The van der Waals surface area contributed by atoms with Crippen LogP contribution in [0.1, 0.15) is 24.6 Å². The minimum Gasteiger partial charge on any atom is -0.480 e. The van der Waals surface area contributed by atoms with E-state index in [2.05, 4.69) is 0 Å². The number of carbonyl (C=O) groups excluding carboxylic acids is 2. The summed E-state index contributed by atoms with van der Waals surface area (Å²) < 4.78 is 0. The molecule has 4 heterocycles. The number of hydrogen-bond acceptors (Lipinski definition) is 4. The lowest BCUT2D eigenvalue weighted by molar-refractivity contribution is -0.143. The second-order valence-corrected chi connectivity index (χ2v) is 10.8. The molecule has 8 nitrogen and oxygen atoms in total. The van der Waals surface area contributed by atoms with Crippen LogP contribution in [0.25, 0.3) is 0 Å². The van der Waals surface area contributed by atoms with E-state index in [1.165, 1.54) is 4.90 Å². The second kappa shape index (κ2) is 11.3. The van der Waals surface area contributed by atoms with Crippen LogP contribution in [0.2, 0.25) is 0 Å². The standard InChI is InChI=1S/C29H32N4O4S/c1-2-30(20-25-14-9-17-38-25)28(36)31-18-21-15-16-24(31)19-32(26(21)27(34)35)29(37)33(22-10-5-3-6-11-22)23-12-7-4-8-13-23/h3-14,17,21,24,26H,2,15-16,18-20H2,1H3,(H,34,35)/t21-,24-,26-/m0/s1. The monoisotopic (exact) mass is 532 g/mol. The third kappa shape index (κ3) is 5.11. The first-order valence-electron chi connectivity index (χ1n) is 13.0. The van der Waals surface area contributed by atoms with Gasteiger partial charge >= 0.3 is 18.0 Å². The minimum atomic E-state index is -1.04. The molecule has 0 spiro atoms. The number of fused-ring (bicyclic) bond motifs is 4. The smallest absolute Gasteiger partial charge is 0.329 e. The summed E-state index contributed by atoms with van der Waals surface area (Å²) in [5.74, 6) is -1.39. The van der Waals surface area contributed by atoms with Gasteiger partial charge in [0.2, 0.25) is 0 Å². The van der Waals surface area contributed by atoms with Gasteiger partial charge in [-0.25, -0.2) is 14.4 Å². The Morgan fingerprint density at radius 2 is 1.53 bits per heavy atom. The summed E-state index contributed by atoms with van der Waals surface area (Å²) in [6.45, 7) is 3.51. The van der Waals surface area contributed by atoms with Gasteiger partial charge in [0.15, 0.2) is 0 Å². The number of carboxylic acids is 1. The molecule has 2 bridgehead atoms. The molecule has 0 unspecified atom stereocenters. The summed E-state index contributed by atoms with van der Waals surface area (Å²) in [4.78, 5) is 48.4. The van der Waals surface area contributed by atoms with Crippen LogP contribution in [0.15, 0.2) is 78.2 Å². The van der Waals surface area contributed by atoms with Gasteiger partial charge in [-0.3, -0.25) is 4.90 Å². The van der Waals surface area contributed by atoms with Gasteiger partial charge in [-0.15, -0.1) is 11.3 Å². The third-order valence-corrected chi connectivity index (χ3v) is 8.34. The SMILES string of the molecule is CCN(Cc1cccs1)C(=O)N1C[C@@H]2CC[C@H]1CN(C(=O)N(c1ccccc1)c1ccccc1)[C@@H]2C(=O)O. The number of para-hydroxylation sites is 2. The van der Waals surface area contributed by atoms with Crippen molar-refractivity contribution in [2.24, 2.45) is 5.92 Å². The van der Waals surface area contributed by atoms with Gasteiger partial charge < -0.3 is 19.8 Å². The largest absolute Gasteiger partial charge is 0.480 e. The molecule has 3 aliphatic rings. The number of rotatable bonds is 6. The van der Waals surface area contributed by atoms with Gasteiger partial charge in [-0.1, -0.05) is 42.5 Å². The number of hydrogen-bond donors (Lipinski definition) is 1. The first-order chi connectivity index (χ1) is 18.5. The number of piperidine rings is 1. The predicted octanol–water partition coefficient (Wildman–Crippen LogP) is 5.50. The van der Waals surface area contributed by atoms with Crippen molar-refractivity contribution in [3.05, 3.63) is 83.1 Å². The van der Waals surface area contributed by atoms with E-state index in [9.17, 15) is 19.5 Å². The van der Waals surface area contributed by atoms with E-state index in [1.807, 2.05) is 90.0 Å². The number of amides is 4. The van der Waals surface area contributed by atoms with E-state index < -0.39 is 18.0 Å². The van der Waals surface area contributed by atoms with Crippen molar-refractivity contribution >= 4 is 40.7 Å². The van der Waals surface area contributed by atoms with E-state index in [0.29, 0.717) is 43.9 Å². The highest BCUT2D eigenvalue weighted by Gasteiger charge is 2.49. The van der Waals surface area contributed by atoms with Crippen molar-refractivity contribution < 1.29 is 19.5 Å². The van der Waals surface area contributed by atoms with Crippen LogP contribution < -0.4 is 4.90 Å². The van der Waals surface area contributed by atoms with Gasteiger partial charge in [-0.2, -0.15) is 0 Å².